The largest absolute Gasteiger partial charge is 0.464 e. The van der Waals surface area contributed by atoms with Crippen molar-refractivity contribution in [1.29, 1.82) is 0 Å². The zero-order valence-corrected chi connectivity index (χ0v) is 11.6. The molecule has 3 nitrogen and oxygen atoms in total. The van der Waals surface area contributed by atoms with E-state index in [0.717, 1.165) is 18.7 Å². The zero-order valence-electron chi connectivity index (χ0n) is 11.6. The smallest absolute Gasteiger partial charge is 0.134 e. The lowest BCUT2D eigenvalue weighted by Gasteiger charge is -2.35. The average molecular weight is 258 g/mol. The van der Waals surface area contributed by atoms with E-state index < -0.39 is 0 Å². The Morgan fingerprint density at radius 3 is 3.11 bits per heavy atom. The predicted octanol–water partition coefficient (Wildman–Crippen LogP) is 3.01. The molecule has 3 rings (SSSR count). The lowest BCUT2D eigenvalue weighted by Crippen LogP contribution is -2.44. The summed E-state index contributed by atoms with van der Waals surface area (Å²) < 4.78 is 5.64. The zero-order chi connectivity index (χ0) is 13.1. The summed E-state index contributed by atoms with van der Waals surface area (Å²) in [5, 5.41) is 4.58. The summed E-state index contributed by atoms with van der Waals surface area (Å²) >= 11 is 0. The Balaban J connectivity index is 1.79. The second-order valence-corrected chi connectivity index (χ2v) is 5.43. The number of likely N-dealkylation sites (N-methyl/N-ethyl adjacent to an activating group) is 1. The normalized spacial score (nSPS) is 21.0. The third-order valence-electron chi connectivity index (χ3n) is 4.12. The van der Waals surface area contributed by atoms with Gasteiger partial charge in [0.15, 0.2) is 0 Å². The Bertz CT molecular complexity index is 532. The molecule has 1 aliphatic heterocycles. The maximum absolute atomic E-state index is 5.64. The molecule has 1 atom stereocenters. The molecule has 3 heteroatoms. The molecule has 102 valence electrons. The van der Waals surface area contributed by atoms with Crippen LogP contribution in [0, 0.1) is 0 Å². The Hall–Kier alpha value is -1.32. The SMILES string of the molecule is CNCC1CCCCN1Cc1coc2ccccc12. The lowest BCUT2D eigenvalue weighted by molar-refractivity contribution is 0.139. The first-order valence-electron chi connectivity index (χ1n) is 7.22. The van der Waals surface area contributed by atoms with E-state index in [1.165, 1.54) is 36.8 Å². The lowest BCUT2D eigenvalue weighted by atomic mass is 10.0. The second kappa shape index (κ2) is 5.76. The van der Waals surface area contributed by atoms with E-state index in [2.05, 4.69) is 22.3 Å². The van der Waals surface area contributed by atoms with Crippen molar-refractivity contribution in [2.75, 3.05) is 20.1 Å². The number of benzene rings is 1. The van der Waals surface area contributed by atoms with Gasteiger partial charge < -0.3 is 9.73 Å². The standard InChI is InChI=1S/C16H22N2O/c1-17-10-14-6-4-5-9-18(14)11-13-12-19-16-8-3-2-7-15(13)16/h2-3,7-8,12,14,17H,4-6,9-11H2,1H3. The first-order valence-corrected chi connectivity index (χ1v) is 7.22. The molecule has 0 aliphatic carbocycles. The van der Waals surface area contributed by atoms with Crippen LogP contribution in [0.3, 0.4) is 0 Å². The van der Waals surface area contributed by atoms with Crippen molar-refractivity contribution < 1.29 is 4.42 Å². The minimum absolute atomic E-state index is 0.660. The molecule has 1 aromatic heterocycles. The molecule has 1 unspecified atom stereocenters. The molecule has 1 saturated heterocycles. The van der Waals surface area contributed by atoms with Gasteiger partial charge in [-0.3, -0.25) is 4.90 Å². The van der Waals surface area contributed by atoms with Crippen molar-refractivity contribution in [3.05, 3.63) is 36.1 Å². The topological polar surface area (TPSA) is 28.4 Å². The van der Waals surface area contributed by atoms with Crippen LogP contribution in [0.2, 0.25) is 0 Å². The van der Waals surface area contributed by atoms with Crippen molar-refractivity contribution in [3.63, 3.8) is 0 Å². The van der Waals surface area contributed by atoms with Crippen LogP contribution in [0.1, 0.15) is 24.8 Å². The Kier molecular flexibility index (Phi) is 3.85. The Morgan fingerprint density at radius 1 is 1.32 bits per heavy atom. The van der Waals surface area contributed by atoms with Crippen LogP contribution < -0.4 is 5.32 Å². The molecule has 0 radical (unpaired) electrons. The summed E-state index contributed by atoms with van der Waals surface area (Å²) in [5.41, 5.74) is 2.32. The molecule has 19 heavy (non-hydrogen) atoms. The third kappa shape index (κ3) is 2.67. The van der Waals surface area contributed by atoms with E-state index in [0.29, 0.717) is 6.04 Å². The van der Waals surface area contributed by atoms with Crippen molar-refractivity contribution in [3.8, 4) is 0 Å². The van der Waals surface area contributed by atoms with Gasteiger partial charge in [0.05, 0.1) is 6.26 Å². The number of furan rings is 1. The number of nitrogens with one attached hydrogen (secondary N) is 1. The minimum Gasteiger partial charge on any atom is -0.464 e. The van der Waals surface area contributed by atoms with Gasteiger partial charge in [0, 0.05) is 30.1 Å². The second-order valence-electron chi connectivity index (χ2n) is 5.43. The number of rotatable bonds is 4. The molecule has 0 saturated carbocycles. The Labute approximate surface area is 114 Å². The van der Waals surface area contributed by atoms with Crippen molar-refractivity contribution >= 4 is 11.0 Å². The van der Waals surface area contributed by atoms with Crippen LogP contribution >= 0.6 is 0 Å². The molecular weight excluding hydrogens is 236 g/mol. The molecule has 2 aromatic rings. The van der Waals surface area contributed by atoms with Crippen molar-refractivity contribution in [2.24, 2.45) is 0 Å². The maximum atomic E-state index is 5.64. The molecule has 0 amide bonds. The highest BCUT2D eigenvalue weighted by molar-refractivity contribution is 5.80. The Morgan fingerprint density at radius 2 is 2.21 bits per heavy atom. The van der Waals surface area contributed by atoms with Gasteiger partial charge in [0.1, 0.15) is 5.58 Å². The van der Waals surface area contributed by atoms with Gasteiger partial charge in [0.25, 0.3) is 0 Å². The highest BCUT2D eigenvalue weighted by atomic mass is 16.3. The van der Waals surface area contributed by atoms with Gasteiger partial charge in [-0.1, -0.05) is 24.6 Å². The molecule has 1 aromatic carbocycles. The fraction of sp³-hybridized carbons (Fsp3) is 0.500. The van der Waals surface area contributed by atoms with E-state index in [1.54, 1.807) is 0 Å². The van der Waals surface area contributed by atoms with Crippen LogP contribution in [0.4, 0.5) is 0 Å². The fourth-order valence-electron chi connectivity index (χ4n) is 3.11. The number of likely N-dealkylation sites (tertiary alicyclic amines) is 1. The van der Waals surface area contributed by atoms with E-state index in [-0.39, 0.29) is 0 Å². The van der Waals surface area contributed by atoms with E-state index in [9.17, 15) is 0 Å². The summed E-state index contributed by atoms with van der Waals surface area (Å²) in [6, 6.07) is 8.97. The quantitative estimate of drug-likeness (QED) is 0.914. The van der Waals surface area contributed by atoms with Crippen LogP contribution in [-0.4, -0.2) is 31.1 Å². The highest BCUT2D eigenvalue weighted by Crippen LogP contribution is 2.25. The van der Waals surface area contributed by atoms with Gasteiger partial charge in [-0.2, -0.15) is 0 Å². The molecule has 1 aliphatic rings. The van der Waals surface area contributed by atoms with Crippen LogP contribution in [0.5, 0.6) is 0 Å². The van der Waals surface area contributed by atoms with Crippen LogP contribution in [0.15, 0.2) is 34.9 Å². The monoisotopic (exact) mass is 258 g/mol. The van der Waals surface area contributed by atoms with Gasteiger partial charge in [-0.05, 0) is 32.5 Å². The molecular formula is C16H22N2O. The summed E-state index contributed by atoms with van der Waals surface area (Å²) in [5.74, 6) is 0. The highest BCUT2D eigenvalue weighted by Gasteiger charge is 2.22. The summed E-state index contributed by atoms with van der Waals surface area (Å²) in [6.07, 6.45) is 5.90. The molecule has 1 fully saturated rings. The first kappa shape index (κ1) is 12.7. The minimum atomic E-state index is 0.660. The molecule has 1 N–H and O–H groups in total. The average Bonchev–Trinajstić information content (AvgIpc) is 2.85. The number of hydrogen-bond acceptors (Lipinski definition) is 3. The van der Waals surface area contributed by atoms with E-state index in [1.807, 2.05) is 25.4 Å². The van der Waals surface area contributed by atoms with Gasteiger partial charge >= 0.3 is 0 Å². The first-order chi connectivity index (χ1) is 9.38. The van der Waals surface area contributed by atoms with E-state index in [4.69, 9.17) is 4.42 Å². The van der Waals surface area contributed by atoms with Gasteiger partial charge in [-0.25, -0.2) is 0 Å². The van der Waals surface area contributed by atoms with Crippen molar-refractivity contribution in [1.82, 2.24) is 10.2 Å². The predicted molar refractivity (Wildman–Crippen MR) is 78.2 cm³/mol. The molecule has 0 spiro atoms. The number of nitrogens with zero attached hydrogens (tertiary/aromatic N) is 1. The third-order valence-corrected chi connectivity index (χ3v) is 4.12. The number of para-hydroxylation sites is 1. The van der Waals surface area contributed by atoms with Crippen LogP contribution in [0.25, 0.3) is 11.0 Å². The number of piperidine rings is 1. The van der Waals surface area contributed by atoms with Crippen molar-refractivity contribution in [2.45, 2.75) is 31.8 Å². The number of hydrogen-bond donors (Lipinski definition) is 1. The summed E-state index contributed by atoms with van der Waals surface area (Å²) in [7, 11) is 2.04. The molecule has 2 heterocycles. The van der Waals surface area contributed by atoms with Gasteiger partial charge in [-0.15, -0.1) is 0 Å². The summed E-state index contributed by atoms with van der Waals surface area (Å²) in [4.78, 5) is 2.59. The maximum Gasteiger partial charge on any atom is 0.134 e. The van der Waals surface area contributed by atoms with Crippen LogP contribution in [-0.2, 0) is 6.54 Å². The fourth-order valence-corrected chi connectivity index (χ4v) is 3.11. The summed E-state index contributed by atoms with van der Waals surface area (Å²) in [6.45, 7) is 3.28. The number of fused-ring (bicyclic) bond motifs is 1. The van der Waals surface area contributed by atoms with E-state index >= 15 is 0 Å². The van der Waals surface area contributed by atoms with Gasteiger partial charge in [0.2, 0.25) is 0 Å². The molecule has 0 bridgehead atoms.